The maximum atomic E-state index is 11.1. The Balaban J connectivity index is 2.01. The molecule has 2 fully saturated rings. The minimum Gasteiger partial charge on any atom is -0.368 e. The van der Waals surface area contributed by atoms with Gasteiger partial charge in [-0.15, -0.1) is 0 Å². The quantitative estimate of drug-likeness (QED) is 0.596. The van der Waals surface area contributed by atoms with Crippen molar-refractivity contribution < 1.29 is 14.3 Å². The zero-order chi connectivity index (χ0) is 10.2. The minimum absolute atomic E-state index is 0.426. The number of ether oxygens (including phenoxy) is 2. The zero-order valence-corrected chi connectivity index (χ0v) is 8.12. The van der Waals surface area contributed by atoms with Crippen LogP contribution in [0.15, 0.2) is 0 Å². The van der Waals surface area contributed by atoms with E-state index in [1.54, 1.807) is 0 Å². The van der Waals surface area contributed by atoms with Crippen LogP contribution >= 0.6 is 0 Å². The molecule has 0 atom stereocenters. The Morgan fingerprint density at radius 1 is 1.07 bits per heavy atom. The number of hydrogen-bond acceptors (Lipinski definition) is 4. The molecule has 5 nitrogen and oxygen atoms in total. The van der Waals surface area contributed by atoms with E-state index in [4.69, 9.17) is 20.9 Å². The predicted octanol–water partition coefficient (Wildman–Crippen LogP) is -0.514. The molecule has 1 heterocycles. The first kappa shape index (κ1) is 9.89. The fourth-order valence-electron chi connectivity index (χ4n) is 2.11. The maximum Gasteiger partial charge on any atom is 0.237 e. The first-order chi connectivity index (χ1) is 6.56. The van der Waals surface area contributed by atoms with E-state index in [0.717, 1.165) is 0 Å². The Kier molecular flexibility index (Phi) is 2.25. The van der Waals surface area contributed by atoms with Gasteiger partial charge in [0.2, 0.25) is 5.91 Å². The number of carbonyl (C=O) groups excluding carboxylic acids is 1. The van der Waals surface area contributed by atoms with Gasteiger partial charge in [0.1, 0.15) is 0 Å². The summed E-state index contributed by atoms with van der Waals surface area (Å²) < 4.78 is 11.0. The first-order valence-electron chi connectivity index (χ1n) is 4.93. The van der Waals surface area contributed by atoms with Crippen LogP contribution in [0.4, 0.5) is 0 Å². The van der Waals surface area contributed by atoms with E-state index in [-0.39, 0.29) is 0 Å². The van der Waals surface area contributed by atoms with E-state index < -0.39 is 17.2 Å². The van der Waals surface area contributed by atoms with Crippen molar-refractivity contribution in [1.82, 2.24) is 0 Å². The molecule has 0 radical (unpaired) electrons. The highest BCUT2D eigenvalue weighted by Gasteiger charge is 2.47. The van der Waals surface area contributed by atoms with Crippen LogP contribution in [0.5, 0.6) is 0 Å². The van der Waals surface area contributed by atoms with Crippen LogP contribution in [-0.4, -0.2) is 30.4 Å². The SMILES string of the molecule is NC(=O)C1(N)CCC2(CC1)OCCO2. The Morgan fingerprint density at radius 2 is 1.57 bits per heavy atom. The molecule has 0 aromatic rings. The van der Waals surface area contributed by atoms with Gasteiger partial charge in [-0.3, -0.25) is 4.79 Å². The van der Waals surface area contributed by atoms with Gasteiger partial charge in [0, 0.05) is 12.8 Å². The molecule has 0 aromatic heterocycles. The van der Waals surface area contributed by atoms with E-state index in [0.29, 0.717) is 38.9 Å². The number of rotatable bonds is 1. The maximum absolute atomic E-state index is 11.1. The van der Waals surface area contributed by atoms with Crippen molar-refractivity contribution in [2.45, 2.75) is 37.0 Å². The lowest BCUT2D eigenvalue weighted by molar-refractivity contribution is -0.185. The average Bonchev–Trinajstić information content (AvgIpc) is 2.60. The van der Waals surface area contributed by atoms with E-state index in [9.17, 15) is 4.79 Å². The van der Waals surface area contributed by atoms with Gasteiger partial charge in [-0.05, 0) is 12.8 Å². The number of carbonyl (C=O) groups is 1. The first-order valence-corrected chi connectivity index (χ1v) is 4.93. The molecule has 1 aliphatic heterocycles. The molecular weight excluding hydrogens is 184 g/mol. The van der Waals surface area contributed by atoms with Crippen molar-refractivity contribution in [2.24, 2.45) is 11.5 Å². The monoisotopic (exact) mass is 200 g/mol. The Morgan fingerprint density at radius 3 is 2.00 bits per heavy atom. The van der Waals surface area contributed by atoms with Crippen LogP contribution in [0.3, 0.4) is 0 Å². The van der Waals surface area contributed by atoms with Crippen molar-refractivity contribution >= 4 is 5.91 Å². The normalized spacial score (nSPS) is 29.2. The lowest BCUT2D eigenvalue weighted by atomic mass is 9.79. The van der Waals surface area contributed by atoms with Gasteiger partial charge in [0.25, 0.3) is 0 Å². The van der Waals surface area contributed by atoms with Crippen molar-refractivity contribution in [1.29, 1.82) is 0 Å². The lowest BCUT2D eigenvalue weighted by Gasteiger charge is -2.39. The summed E-state index contributed by atoms with van der Waals surface area (Å²) in [4.78, 5) is 11.1. The predicted molar refractivity (Wildman–Crippen MR) is 49.2 cm³/mol. The summed E-state index contributed by atoms with van der Waals surface area (Å²) in [6, 6.07) is 0. The number of hydrogen-bond donors (Lipinski definition) is 2. The molecule has 2 aliphatic rings. The van der Waals surface area contributed by atoms with Crippen molar-refractivity contribution in [3.8, 4) is 0 Å². The summed E-state index contributed by atoms with van der Waals surface area (Å²) in [5.74, 6) is -0.899. The highest BCUT2D eigenvalue weighted by Crippen LogP contribution is 2.38. The second kappa shape index (κ2) is 3.18. The molecule has 1 aliphatic carbocycles. The molecule has 0 aromatic carbocycles. The van der Waals surface area contributed by atoms with Crippen LogP contribution in [-0.2, 0) is 14.3 Å². The summed E-state index contributed by atoms with van der Waals surface area (Å²) in [7, 11) is 0. The highest BCUT2D eigenvalue weighted by molar-refractivity contribution is 5.84. The second-order valence-corrected chi connectivity index (χ2v) is 4.13. The van der Waals surface area contributed by atoms with Crippen molar-refractivity contribution in [3.05, 3.63) is 0 Å². The molecule has 14 heavy (non-hydrogen) atoms. The summed E-state index contributed by atoms with van der Waals surface area (Å²) in [6.07, 6.45) is 2.41. The van der Waals surface area contributed by atoms with Crippen LogP contribution in [0, 0.1) is 0 Å². The molecule has 1 spiro atoms. The van der Waals surface area contributed by atoms with Gasteiger partial charge in [0.05, 0.1) is 18.8 Å². The van der Waals surface area contributed by atoms with E-state index in [1.807, 2.05) is 0 Å². The van der Waals surface area contributed by atoms with Crippen LogP contribution in [0.2, 0.25) is 0 Å². The summed E-state index contributed by atoms with van der Waals surface area (Å²) >= 11 is 0. The van der Waals surface area contributed by atoms with E-state index in [1.165, 1.54) is 0 Å². The zero-order valence-electron chi connectivity index (χ0n) is 8.12. The Bertz CT molecular complexity index is 238. The number of amides is 1. The molecule has 5 heteroatoms. The van der Waals surface area contributed by atoms with Crippen LogP contribution in [0.1, 0.15) is 25.7 Å². The Hall–Kier alpha value is -0.650. The third-order valence-corrected chi connectivity index (χ3v) is 3.21. The lowest BCUT2D eigenvalue weighted by Crippen LogP contribution is -2.57. The van der Waals surface area contributed by atoms with Gasteiger partial charge < -0.3 is 20.9 Å². The number of nitrogens with two attached hydrogens (primary N) is 2. The summed E-state index contributed by atoms with van der Waals surface area (Å²) in [5.41, 5.74) is 10.2. The molecule has 1 amide bonds. The summed E-state index contributed by atoms with van der Waals surface area (Å²) in [6.45, 7) is 1.27. The highest BCUT2D eigenvalue weighted by atomic mass is 16.7. The van der Waals surface area contributed by atoms with Gasteiger partial charge in [-0.2, -0.15) is 0 Å². The van der Waals surface area contributed by atoms with Crippen molar-refractivity contribution in [2.75, 3.05) is 13.2 Å². The molecule has 1 saturated heterocycles. The van der Waals surface area contributed by atoms with Gasteiger partial charge in [0.15, 0.2) is 5.79 Å². The second-order valence-electron chi connectivity index (χ2n) is 4.13. The van der Waals surface area contributed by atoms with Crippen LogP contribution < -0.4 is 11.5 Å². The van der Waals surface area contributed by atoms with Crippen LogP contribution in [0.25, 0.3) is 0 Å². The molecule has 2 rings (SSSR count). The summed E-state index contributed by atoms with van der Waals surface area (Å²) in [5, 5.41) is 0. The smallest absolute Gasteiger partial charge is 0.237 e. The van der Waals surface area contributed by atoms with Gasteiger partial charge in [-0.25, -0.2) is 0 Å². The van der Waals surface area contributed by atoms with Gasteiger partial charge >= 0.3 is 0 Å². The molecule has 0 bridgehead atoms. The average molecular weight is 200 g/mol. The standard InChI is InChI=1S/C9H16N2O3/c10-7(12)8(11)1-3-9(4-2-8)13-5-6-14-9/h1-6,11H2,(H2,10,12). The Labute approximate surface area is 82.7 Å². The molecule has 1 saturated carbocycles. The fourth-order valence-corrected chi connectivity index (χ4v) is 2.11. The van der Waals surface area contributed by atoms with Gasteiger partial charge in [-0.1, -0.05) is 0 Å². The third-order valence-electron chi connectivity index (χ3n) is 3.21. The topological polar surface area (TPSA) is 87.6 Å². The van der Waals surface area contributed by atoms with E-state index >= 15 is 0 Å². The third kappa shape index (κ3) is 1.51. The largest absolute Gasteiger partial charge is 0.368 e. The molecular formula is C9H16N2O3. The minimum atomic E-state index is -0.861. The molecule has 0 unspecified atom stereocenters. The number of primary amides is 1. The van der Waals surface area contributed by atoms with E-state index in [2.05, 4.69) is 0 Å². The molecule has 4 N–H and O–H groups in total. The van der Waals surface area contributed by atoms with Crippen molar-refractivity contribution in [3.63, 3.8) is 0 Å². The fraction of sp³-hybridized carbons (Fsp3) is 0.889. The molecule has 80 valence electrons.